The smallest absolute Gasteiger partial charge is 0.143 e. The number of aliphatic hydroxyl groups excluding tert-OH is 1. The molecule has 5 nitrogen and oxygen atoms in total. The van der Waals surface area contributed by atoms with Gasteiger partial charge in [-0.1, -0.05) is 43.2 Å². The van der Waals surface area contributed by atoms with Crippen LogP contribution in [0.25, 0.3) is 0 Å². The molecule has 4 fully saturated rings. The van der Waals surface area contributed by atoms with Crippen LogP contribution in [0.2, 0.25) is 0 Å². The molecule has 0 spiro atoms. The number of hydrogen-bond acceptors (Lipinski definition) is 5. The van der Waals surface area contributed by atoms with Crippen molar-refractivity contribution in [2.45, 2.75) is 81.3 Å². The van der Waals surface area contributed by atoms with Crippen LogP contribution in [0.3, 0.4) is 0 Å². The number of piperazine rings is 1. The lowest BCUT2D eigenvalue weighted by Crippen LogP contribution is -2.57. The molecule has 224 valence electrons. The Morgan fingerprint density at radius 3 is 2.48 bits per heavy atom. The summed E-state index contributed by atoms with van der Waals surface area (Å²) in [6.45, 7) is 8.41. The molecule has 1 heterocycles. The van der Waals surface area contributed by atoms with E-state index in [1.54, 1.807) is 0 Å². The van der Waals surface area contributed by atoms with Gasteiger partial charge in [-0.25, -0.2) is 0 Å². The molecule has 1 aliphatic heterocycles. The highest BCUT2D eigenvalue weighted by atomic mass is 16.5. The number of likely N-dealkylation sites (N-methyl/N-ethyl adjacent to an activating group) is 1. The van der Waals surface area contributed by atoms with Crippen molar-refractivity contribution < 1.29 is 14.9 Å². The summed E-state index contributed by atoms with van der Waals surface area (Å²) in [5.74, 6) is 5.67. The fraction of sp³-hybridized carbons (Fsp3) is 0.622. The van der Waals surface area contributed by atoms with Crippen molar-refractivity contribution in [1.82, 2.24) is 9.80 Å². The minimum absolute atomic E-state index is 0.266. The van der Waals surface area contributed by atoms with E-state index in [2.05, 4.69) is 72.2 Å². The lowest BCUT2D eigenvalue weighted by atomic mass is 9.48. The highest BCUT2D eigenvalue weighted by molar-refractivity contribution is 5.44. The van der Waals surface area contributed by atoms with E-state index >= 15 is 0 Å². The lowest BCUT2D eigenvalue weighted by Gasteiger charge is -2.57. The number of nitrogens with zero attached hydrogens (tertiary/aromatic N) is 2. The highest BCUT2D eigenvalue weighted by Crippen LogP contribution is 2.68. The molecule has 0 bridgehead atoms. The van der Waals surface area contributed by atoms with Crippen molar-refractivity contribution in [3.8, 4) is 18.1 Å². The Bertz CT molecular complexity index is 1320. The second-order valence-electron chi connectivity index (χ2n) is 14.4. The fourth-order valence-electron chi connectivity index (χ4n) is 9.52. The third-order valence-corrected chi connectivity index (χ3v) is 12.2. The Balaban J connectivity index is 1.17. The number of terminal acetylenes is 1. The van der Waals surface area contributed by atoms with E-state index in [4.69, 9.17) is 11.2 Å². The van der Waals surface area contributed by atoms with Gasteiger partial charge in [0, 0.05) is 38.1 Å². The van der Waals surface area contributed by atoms with Crippen LogP contribution >= 0.6 is 0 Å². The van der Waals surface area contributed by atoms with Gasteiger partial charge in [0.15, 0.2) is 0 Å². The molecule has 42 heavy (non-hydrogen) atoms. The van der Waals surface area contributed by atoms with E-state index in [9.17, 15) is 10.2 Å². The maximum Gasteiger partial charge on any atom is 0.143 e. The summed E-state index contributed by atoms with van der Waals surface area (Å²) >= 11 is 0. The summed E-state index contributed by atoms with van der Waals surface area (Å²) in [7, 11) is 2.19. The zero-order chi connectivity index (χ0) is 29.1. The maximum absolute atomic E-state index is 12.0. The van der Waals surface area contributed by atoms with Crippen molar-refractivity contribution in [2.24, 2.45) is 17.3 Å². The van der Waals surface area contributed by atoms with Gasteiger partial charge < -0.3 is 19.8 Å². The molecule has 4 aliphatic carbocycles. The number of ether oxygens (including phenoxy) is 1. The number of hydrogen-bond donors (Lipinski definition) is 2. The summed E-state index contributed by atoms with van der Waals surface area (Å²) in [4.78, 5) is 4.89. The molecule has 3 saturated carbocycles. The lowest BCUT2D eigenvalue weighted by molar-refractivity contribution is -0.151. The first-order chi connectivity index (χ1) is 20.3. The number of benzene rings is 2. The molecular formula is C37H48N2O3. The first-order valence-electron chi connectivity index (χ1n) is 16.4. The average molecular weight is 569 g/mol. The quantitative estimate of drug-likeness (QED) is 0.452. The van der Waals surface area contributed by atoms with Crippen molar-refractivity contribution >= 4 is 0 Å². The minimum Gasteiger partial charge on any atom is -0.492 e. The summed E-state index contributed by atoms with van der Waals surface area (Å²) < 4.78 is 6.31. The number of rotatable bonds is 7. The first-order valence-corrected chi connectivity index (χ1v) is 16.4. The van der Waals surface area contributed by atoms with Crippen molar-refractivity contribution in [3.63, 3.8) is 0 Å². The SMILES string of the molecule is C#CC(O)[C@]1(O)CC[C@H]2[C@@H]3CCc4cc(OCCN5CCN(C)CC5)ccc4C3[C@@H](c3ccc(C4CC4)cc3)C[C@@]21C. The highest BCUT2D eigenvalue weighted by Gasteiger charge is 2.65. The maximum atomic E-state index is 12.0. The van der Waals surface area contributed by atoms with Crippen LogP contribution in [-0.4, -0.2) is 78.1 Å². The molecule has 7 atom stereocenters. The van der Waals surface area contributed by atoms with Crippen molar-refractivity contribution in [1.29, 1.82) is 0 Å². The van der Waals surface area contributed by atoms with Crippen LogP contribution in [-0.2, 0) is 6.42 Å². The van der Waals surface area contributed by atoms with Gasteiger partial charge >= 0.3 is 0 Å². The Labute approximate surface area is 252 Å². The second-order valence-corrected chi connectivity index (χ2v) is 14.4. The van der Waals surface area contributed by atoms with Gasteiger partial charge in [0.25, 0.3) is 0 Å². The molecule has 2 aromatic carbocycles. The van der Waals surface area contributed by atoms with E-state index < -0.39 is 17.1 Å². The van der Waals surface area contributed by atoms with Crippen LogP contribution in [0.15, 0.2) is 42.5 Å². The van der Waals surface area contributed by atoms with E-state index in [1.807, 2.05) is 0 Å². The van der Waals surface area contributed by atoms with Gasteiger partial charge in [0.2, 0.25) is 0 Å². The van der Waals surface area contributed by atoms with E-state index in [-0.39, 0.29) is 5.92 Å². The molecule has 7 rings (SSSR count). The Morgan fingerprint density at radius 2 is 1.76 bits per heavy atom. The van der Waals surface area contributed by atoms with Crippen LogP contribution < -0.4 is 4.74 Å². The number of aliphatic hydroxyl groups is 2. The summed E-state index contributed by atoms with van der Waals surface area (Å²) in [5, 5.41) is 22.9. The van der Waals surface area contributed by atoms with Gasteiger partial charge in [0.05, 0.1) is 0 Å². The fourth-order valence-corrected chi connectivity index (χ4v) is 9.52. The molecule has 2 aromatic rings. The third kappa shape index (κ3) is 4.80. The molecule has 0 amide bonds. The van der Waals surface area contributed by atoms with Gasteiger partial charge in [-0.05, 0) is 116 Å². The van der Waals surface area contributed by atoms with E-state index in [0.717, 1.165) is 76.7 Å². The van der Waals surface area contributed by atoms with E-state index in [1.165, 1.54) is 35.1 Å². The summed E-state index contributed by atoms with van der Waals surface area (Å²) in [6.07, 6.45) is 11.7. The van der Waals surface area contributed by atoms with Crippen LogP contribution in [0.5, 0.6) is 5.75 Å². The molecule has 2 unspecified atom stereocenters. The zero-order valence-electron chi connectivity index (χ0n) is 25.5. The van der Waals surface area contributed by atoms with Gasteiger partial charge in [-0.15, -0.1) is 6.42 Å². The standard InChI is InChI=1S/C37H48N2O3/c1-4-34(40)37(41)16-15-33-31-13-11-28-23-29(42-22-21-39-19-17-38(3)18-20-39)12-14-30(28)35(31)32(24-36(33,37)2)27-9-7-26(8-10-27)25-5-6-25/h1,7-10,12,14,23,25,31-35,40-41H,5-6,11,13,15-22,24H2,2-3H3/t31-,32+,33-,34?,35?,36-,37+/m0/s1. The molecule has 2 N–H and O–H groups in total. The summed E-state index contributed by atoms with van der Waals surface area (Å²) in [5.41, 5.74) is 4.03. The number of fused-ring (bicyclic) bond motifs is 5. The normalized spacial score (nSPS) is 35.5. The molecule has 5 heteroatoms. The van der Waals surface area contributed by atoms with Gasteiger partial charge in [0.1, 0.15) is 24.1 Å². The van der Waals surface area contributed by atoms with E-state index in [0.29, 0.717) is 24.2 Å². The zero-order valence-corrected chi connectivity index (χ0v) is 25.5. The topological polar surface area (TPSA) is 56.2 Å². The van der Waals surface area contributed by atoms with Crippen LogP contribution in [0.1, 0.15) is 85.5 Å². The molecule has 0 aromatic heterocycles. The predicted molar refractivity (Wildman–Crippen MR) is 167 cm³/mol. The molecule has 1 saturated heterocycles. The molecule has 0 radical (unpaired) electrons. The second kappa shape index (κ2) is 11.0. The van der Waals surface area contributed by atoms with Crippen LogP contribution in [0, 0.1) is 29.6 Å². The monoisotopic (exact) mass is 568 g/mol. The Morgan fingerprint density at radius 1 is 1.02 bits per heavy atom. The van der Waals surface area contributed by atoms with Crippen LogP contribution in [0.4, 0.5) is 0 Å². The van der Waals surface area contributed by atoms with Gasteiger partial charge in [-0.3, -0.25) is 4.90 Å². The molecule has 5 aliphatic rings. The first kappa shape index (κ1) is 28.4. The Kier molecular flexibility index (Phi) is 7.42. The third-order valence-electron chi connectivity index (χ3n) is 12.2. The summed E-state index contributed by atoms with van der Waals surface area (Å²) in [6, 6.07) is 16.2. The Hall–Kier alpha value is -2.36. The average Bonchev–Trinajstić information content (AvgIpc) is 3.82. The predicted octanol–water partition coefficient (Wildman–Crippen LogP) is 5.17. The van der Waals surface area contributed by atoms with Crippen molar-refractivity contribution in [2.75, 3.05) is 46.4 Å². The largest absolute Gasteiger partial charge is 0.492 e. The molecular weight excluding hydrogens is 520 g/mol. The minimum atomic E-state index is -1.24. The van der Waals surface area contributed by atoms with Crippen molar-refractivity contribution in [3.05, 3.63) is 64.7 Å². The number of aryl methyl sites for hydroxylation is 1. The van der Waals surface area contributed by atoms with Gasteiger partial charge in [-0.2, -0.15) is 0 Å².